The molecule has 134 valence electrons. The molecule has 0 aliphatic heterocycles. The van der Waals surface area contributed by atoms with Crippen LogP contribution in [0.15, 0.2) is 30.3 Å². The predicted octanol–water partition coefficient (Wildman–Crippen LogP) is 2.29. The minimum atomic E-state index is -0.701. The summed E-state index contributed by atoms with van der Waals surface area (Å²) in [7, 11) is 0. The Labute approximate surface area is 148 Å². The molecule has 6 nitrogen and oxygen atoms in total. The normalized spacial score (nSPS) is 12.3. The molecule has 0 saturated carbocycles. The lowest BCUT2D eigenvalue weighted by Crippen LogP contribution is -2.45. The molecule has 0 aliphatic carbocycles. The van der Waals surface area contributed by atoms with Crippen LogP contribution in [-0.2, 0) is 4.79 Å². The average molecular weight is 343 g/mol. The monoisotopic (exact) mass is 343 g/mol. The first-order chi connectivity index (χ1) is 11.7. The molecule has 2 aromatic rings. The van der Waals surface area contributed by atoms with Crippen molar-refractivity contribution in [1.29, 1.82) is 0 Å². The zero-order chi connectivity index (χ0) is 18.7. The summed E-state index contributed by atoms with van der Waals surface area (Å²) < 4.78 is 1.67. The maximum absolute atomic E-state index is 12.8. The third kappa shape index (κ3) is 3.96. The number of aliphatic hydroxyl groups is 1. The lowest BCUT2D eigenvalue weighted by atomic mass is 10.1. The second kappa shape index (κ2) is 7.61. The molecule has 1 aromatic heterocycles. The van der Waals surface area contributed by atoms with Gasteiger partial charge in [0, 0.05) is 12.6 Å². The quantitative estimate of drug-likeness (QED) is 0.645. The molecular weight excluding hydrogens is 318 g/mol. The van der Waals surface area contributed by atoms with Gasteiger partial charge in [0.1, 0.15) is 0 Å². The summed E-state index contributed by atoms with van der Waals surface area (Å²) in [6.45, 7) is 8.86. The molecule has 1 heterocycles. The second-order valence-corrected chi connectivity index (χ2v) is 6.52. The van der Waals surface area contributed by atoms with E-state index in [-0.39, 0.29) is 12.6 Å². The molecule has 0 spiro atoms. The van der Waals surface area contributed by atoms with E-state index < -0.39 is 17.8 Å². The van der Waals surface area contributed by atoms with Crippen molar-refractivity contribution in [3.8, 4) is 5.69 Å². The fourth-order valence-corrected chi connectivity index (χ4v) is 2.84. The van der Waals surface area contributed by atoms with Crippen LogP contribution < -0.4 is 0 Å². The molecule has 1 atom stereocenters. The smallest absolute Gasteiger partial charge is 0.295 e. The number of aromatic nitrogens is 2. The first-order valence-electron chi connectivity index (χ1n) is 8.39. The zero-order valence-corrected chi connectivity index (χ0v) is 15.4. The number of ketones is 1. The van der Waals surface area contributed by atoms with E-state index in [1.807, 2.05) is 44.2 Å². The SMILES string of the molecule is Cc1nn(-c2ccccc2)c(C)c1C(=O)C(=O)N(CC(C)O)C(C)C. The summed E-state index contributed by atoms with van der Waals surface area (Å²) >= 11 is 0. The van der Waals surface area contributed by atoms with Crippen molar-refractivity contribution >= 4 is 11.7 Å². The van der Waals surface area contributed by atoms with Crippen molar-refractivity contribution in [3.63, 3.8) is 0 Å². The van der Waals surface area contributed by atoms with Crippen molar-refractivity contribution in [1.82, 2.24) is 14.7 Å². The number of hydrogen-bond donors (Lipinski definition) is 1. The van der Waals surface area contributed by atoms with Gasteiger partial charge in [0.15, 0.2) is 0 Å². The first kappa shape index (κ1) is 18.9. The second-order valence-electron chi connectivity index (χ2n) is 6.52. The topological polar surface area (TPSA) is 75.4 Å². The number of benzene rings is 1. The molecule has 1 amide bonds. The molecule has 0 radical (unpaired) electrons. The Kier molecular flexibility index (Phi) is 5.74. The predicted molar refractivity (Wildman–Crippen MR) is 95.9 cm³/mol. The minimum absolute atomic E-state index is 0.118. The van der Waals surface area contributed by atoms with Crippen LogP contribution in [0.1, 0.15) is 42.5 Å². The van der Waals surface area contributed by atoms with Gasteiger partial charge in [0.25, 0.3) is 11.7 Å². The molecule has 1 unspecified atom stereocenters. The lowest BCUT2D eigenvalue weighted by molar-refractivity contribution is -0.129. The van der Waals surface area contributed by atoms with Gasteiger partial charge < -0.3 is 10.0 Å². The number of rotatable bonds is 6. The van der Waals surface area contributed by atoms with E-state index in [0.29, 0.717) is 17.0 Å². The maximum Gasteiger partial charge on any atom is 0.295 e. The largest absolute Gasteiger partial charge is 0.392 e. The van der Waals surface area contributed by atoms with Crippen molar-refractivity contribution < 1.29 is 14.7 Å². The van der Waals surface area contributed by atoms with E-state index >= 15 is 0 Å². The van der Waals surface area contributed by atoms with E-state index in [0.717, 1.165) is 5.69 Å². The summed E-state index contributed by atoms with van der Waals surface area (Å²) in [6.07, 6.45) is -0.701. The Bertz CT molecular complexity index is 764. The highest BCUT2D eigenvalue weighted by Crippen LogP contribution is 2.19. The van der Waals surface area contributed by atoms with Gasteiger partial charge in [-0.3, -0.25) is 9.59 Å². The third-order valence-corrected chi connectivity index (χ3v) is 4.06. The minimum Gasteiger partial charge on any atom is -0.392 e. The van der Waals surface area contributed by atoms with Crippen LogP contribution in [0.25, 0.3) is 5.69 Å². The van der Waals surface area contributed by atoms with Crippen LogP contribution in [0.3, 0.4) is 0 Å². The Hall–Kier alpha value is -2.47. The number of aliphatic hydroxyl groups excluding tert-OH is 1. The number of carbonyl (C=O) groups excluding carboxylic acids is 2. The molecule has 1 aromatic carbocycles. The number of amides is 1. The van der Waals surface area contributed by atoms with Gasteiger partial charge in [-0.2, -0.15) is 5.10 Å². The highest BCUT2D eigenvalue weighted by molar-refractivity contribution is 6.43. The van der Waals surface area contributed by atoms with Gasteiger partial charge >= 0.3 is 0 Å². The number of aryl methyl sites for hydroxylation is 1. The van der Waals surface area contributed by atoms with Gasteiger partial charge in [0.05, 0.1) is 28.7 Å². The fraction of sp³-hybridized carbons (Fsp3) is 0.421. The molecule has 0 fully saturated rings. The van der Waals surface area contributed by atoms with E-state index in [9.17, 15) is 14.7 Å². The summed E-state index contributed by atoms with van der Waals surface area (Å²) in [5.74, 6) is -1.21. The molecule has 2 rings (SSSR count). The van der Waals surface area contributed by atoms with Crippen LogP contribution in [0, 0.1) is 13.8 Å². The summed E-state index contributed by atoms with van der Waals surface area (Å²) in [6, 6.07) is 9.29. The molecule has 1 N–H and O–H groups in total. The van der Waals surface area contributed by atoms with Crippen LogP contribution in [0.4, 0.5) is 0 Å². The average Bonchev–Trinajstić information content (AvgIpc) is 2.86. The molecule has 0 saturated heterocycles. The van der Waals surface area contributed by atoms with E-state index in [1.54, 1.807) is 25.5 Å². The van der Waals surface area contributed by atoms with Crippen LogP contribution in [-0.4, -0.2) is 50.2 Å². The number of nitrogens with zero attached hydrogens (tertiary/aromatic N) is 3. The van der Waals surface area contributed by atoms with Gasteiger partial charge in [-0.25, -0.2) is 4.68 Å². The molecule has 25 heavy (non-hydrogen) atoms. The standard InChI is InChI=1S/C19H25N3O3/c1-12(2)21(11-13(3)23)19(25)18(24)17-14(4)20-22(15(17)5)16-9-7-6-8-10-16/h6-10,12-13,23H,11H2,1-5H3. The Morgan fingerprint density at radius 1 is 1.16 bits per heavy atom. The Morgan fingerprint density at radius 3 is 2.28 bits per heavy atom. The van der Waals surface area contributed by atoms with Crippen molar-refractivity contribution in [2.24, 2.45) is 0 Å². The van der Waals surface area contributed by atoms with Crippen LogP contribution in [0.5, 0.6) is 0 Å². The third-order valence-electron chi connectivity index (χ3n) is 4.06. The number of Topliss-reactive ketones (excluding diaryl/α,β-unsaturated/α-hetero) is 1. The lowest BCUT2D eigenvalue weighted by Gasteiger charge is -2.27. The van der Waals surface area contributed by atoms with Crippen LogP contribution >= 0.6 is 0 Å². The summed E-state index contributed by atoms with van der Waals surface area (Å²) in [5, 5.41) is 14.0. The molecular formula is C19H25N3O3. The van der Waals surface area contributed by atoms with Gasteiger partial charge in [-0.05, 0) is 46.8 Å². The summed E-state index contributed by atoms with van der Waals surface area (Å²) in [4.78, 5) is 26.9. The van der Waals surface area contributed by atoms with E-state index in [2.05, 4.69) is 5.10 Å². The zero-order valence-electron chi connectivity index (χ0n) is 15.4. The fourth-order valence-electron chi connectivity index (χ4n) is 2.84. The first-order valence-corrected chi connectivity index (χ1v) is 8.39. The van der Waals surface area contributed by atoms with Gasteiger partial charge in [-0.15, -0.1) is 0 Å². The molecule has 6 heteroatoms. The van der Waals surface area contributed by atoms with E-state index in [1.165, 1.54) is 4.90 Å². The maximum atomic E-state index is 12.8. The number of para-hydroxylation sites is 1. The van der Waals surface area contributed by atoms with Crippen molar-refractivity contribution in [3.05, 3.63) is 47.3 Å². The number of hydrogen-bond acceptors (Lipinski definition) is 4. The summed E-state index contributed by atoms with van der Waals surface area (Å²) in [5.41, 5.74) is 2.30. The Morgan fingerprint density at radius 2 is 1.76 bits per heavy atom. The van der Waals surface area contributed by atoms with Gasteiger partial charge in [0.2, 0.25) is 0 Å². The Balaban J connectivity index is 2.39. The van der Waals surface area contributed by atoms with Crippen LogP contribution in [0.2, 0.25) is 0 Å². The molecule has 0 aliphatic rings. The highest BCUT2D eigenvalue weighted by atomic mass is 16.3. The van der Waals surface area contributed by atoms with Crippen molar-refractivity contribution in [2.45, 2.75) is 46.8 Å². The number of carbonyl (C=O) groups is 2. The highest BCUT2D eigenvalue weighted by Gasteiger charge is 2.30. The van der Waals surface area contributed by atoms with Gasteiger partial charge in [-0.1, -0.05) is 18.2 Å². The van der Waals surface area contributed by atoms with Crippen molar-refractivity contribution in [2.75, 3.05) is 6.54 Å². The van der Waals surface area contributed by atoms with E-state index in [4.69, 9.17) is 0 Å². The molecule has 0 bridgehead atoms.